The Morgan fingerprint density at radius 2 is 1.76 bits per heavy atom. The number of hydrogen-bond acceptors (Lipinski definition) is 3. The molecule has 2 aromatic rings. The summed E-state index contributed by atoms with van der Waals surface area (Å²) in [6.45, 7) is 1.51. The number of carbonyl (C=O) groups excluding carboxylic acids is 2. The fourth-order valence-electron chi connectivity index (χ4n) is 2.97. The Hall–Kier alpha value is -3.13. The van der Waals surface area contributed by atoms with Crippen LogP contribution in [0.5, 0.6) is 0 Å². The van der Waals surface area contributed by atoms with Crippen molar-refractivity contribution < 1.29 is 9.59 Å². The number of hydrogen-bond donors (Lipinski definition) is 1. The Balaban J connectivity index is 1.82. The van der Waals surface area contributed by atoms with Crippen molar-refractivity contribution in [2.24, 2.45) is 0 Å². The van der Waals surface area contributed by atoms with Crippen LogP contribution >= 0.6 is 0 Å². The van der Waals surface area contributed by atoms with Gasteiger partial charge in [0.25, 0.3) is 11.8 Å². The number of nitrogens with one attached hydrogen (secondary N) is 1. The highest BCUT2D eigenvalue weighted by atomic mass is 16.2. The number of benzene rings is 2. The molecule has 0 saturated carbocycles. The Morgan fingerprint density at radius 1 is 1.00 bits per heavy atom. The van der Waals surface area contributed by atoms with Gasteiger partial charge in [-0.2, -0.15) is 5.26 Å². The summed E-state index contributed by atoms with van der Waals surface area (Å²) < 4.78 is 0. The van der Waals surface area contributed by atoms with E-state index in [-0.39, 0.29) is 11.8 Å². The highest BCUT2D eigenvalue weighted by Crippen LogP contribution is 2.21. The lowest BCUT2D eigenvalue weighted by molar-refractivity contribution is 0.0725. The maximum absolute atomic E-state index is 12.8. The van der Waals surface area contributed by atoms with Gasteiger partial charge in [-0.15, -0.1) is 0 Å². The van der Waals surface area contributed by atoms with Gasteiger partial charge < -0.3 is 10.2 Å². The van der Waals surface area contributed by atoms with E-state index in [4.69, 9.17) is 5.26 Å². The zero-order chi connectivity index (χ0) is 17.6. The molecule has 0 atom stereocenters. The molecule has 2 amide bonds. The first-order valence-corrected chi connectivity index (χ1v) is 8.39. The van der Waals surface area contributed by atoms with Gasteiger partial charge in [-0.3, -0.25) is 9.59 Å². The van der Waals surface area contributed by atoms with Crippen molar-refractivity contribution in [3.8, 4) is 6.07 Å². The van der Waals surface area contributed by atoms with E-state index in [1.165, 1.54) is 6.07 Å². The average Bonchev–Trinajstić information content (AvgIpc) is 2.68. The van der Waals surface area contributed by atoms with E-state index in [1.54, 1.807) is 42.5 Å². The molecule has 2 aromatic carbocycles. The standard InChI is InChI=1S/C20H19N3O2/c21-14-15-7-6-8-16(13-15)19(24)22-18-10-3-2-9-17(18)20(25)23-11-4-1-5-12-23/h2-3,6-10,13H,1,4-5,11-12H2,(H,22,24). The lowest BCUT2D eigenvalue weighted by atomic mass is 10.1. The molecule has 126 valence electrons. The Morgan fingerprint density at radius 3 is 2.52 bits per heavy atom. The zero-order valence-corrected chi connectivity index (χ0v) is 13.9. The quantitative estimate of drug-likeness (QED) is 0.935. The van der Waals surface area contributed by atoms with E-state index < -0.39 is 0 Å². The molecule has 0 radical (unpaired) electrons. The number of likely N-dealkylation sites (tertiary alicyclic amines) is 1. The highest BCUT2D eigenvalue weighted by molar-refractivity contribution is 6.09. The lowest BCUT2D eigenvalue weighted by Crippen LogP contribution is -2.36. The van der Waals surface area contributed by atoms with Crippen molar-refractivity contribution in [3.05, 3.63) is 65.2 Å². The second kappa shape index (κ2) is 7.63. The summed E-state index contributed by atoms with van der Waals surface area (Å²) in [5.41, 5.74) is 1.80. The van der Waals surface area contributed by atoms with Gasteiger partial charge in [0.1, 0.15) is 0 Å². The molecule has 1 N–H and O–H groups in total. The fourth-order valence-corrected chi connectivity index (χ4v) is 2.97. The molecule has 3 rings (SSSR count). The first-order chi connectivity index (χ1) is 12.2. The van der Waals surface area contributed by atoms with Crippen LogP contribution in [0.25, 0.3) is 0 Å². The SMILES string of the molecule is N#Cc1cccc(C(=O)Nc2ccccc2C(=O)N2CCCCC2)c1. The van der Waals surface area contributed by atoms with Crippen LogP contribution in [0.3, 0.4) is 0 Å². The maximum Gasteiger partial charge on any atom is 0.255 e. The maximum atomic E-state index is 12.8. The van der Waals surface area contributed by atoms with Crippen molar-refractivity contribution in [2.45, 2.75) is 19.3 Å². The predicted octanol–water partition coefficient (Wildman–Crippen LogP) is 3.44. The first kappa shape index (κ1) is 16.7. The van der Waals surface area contributed by atoms with Gasteiger partial charge in [0.15, 0.2) is 0 Å². The highest BCUT2D eigenvalue weighted by Gasteiger charge is 2.21. The van der Waals surface area contributed by atoms with Gasteiger partial charge >= 0.3 is 0 Å². The molecule has 1 fully saturated rings. The van der Waals surface area contributed by atoms with E-state index in [0.29, 0.717) is 22.4 Å². The van der Waals surface area contributed by atoms with Gasteiger partial charge in [0.05, 0.1) is 22.9 Å². The third kappa shape index (κ3) is 3.86. The molecular weight excluding hydrogens is 314 g/mol. The molecule has 1 heterocycles. The van der Waals surface area contributed by atoms with E-state index in [0.717, 1.165) is 32.4 Å². The molecule has 0 unspecified atom stereocenters. The van der Waals surface area contributed by atoms with Crippen molar-refractivity contribution >= 4 is 17.5 Å². The normalized spacial score (nSPS) is 13.8. The molecule has 0 aromatic heterocycles. The molecule has 0 aliphatic carbocycles. The Labute approximate surface area is 146 Å². The van der Waals surface area contributed by atoms with Gasteiger partial charge in [0.2, 0.25) is 0 Å². The number of piperidine rings is 1. The zero-order valence-electron chi connectivity index (χ0n) is 13.9. The van der Waals surface area contributed by atoms with E-state index >= 15 is 0 Å². The van der Waals surface area contributed by atoms with Gasteiger partial charge in [-0.05, 0) is 49.6 Å². The van der Waals surface area contributed by atoms with Gasteiger partial charge in [0, 0.05) is 18.7 Å². The summed E-state index contributed by atoms with van der Waals surface area (Å²) in [5, 5.41) is 11.8. The van der Waals surface area contributed by atoms with Crippen molar-refractivity contribution in [2.75, 3.05) is 18.4 Å². The number of nitrogens with zero attached hydrogens (tertiary/aromatic N) is 2. The van der Waals surface area contributed by atoms with Crippen molar-refractivity contribution in [1.82, 2.24) is 4.90 Å². The Kier molecular flexibility index (Phi) is 5.10. The van der Waals surface area contributed by atoms with E-state index in [2.05, 4.69) is 5.32 Å². The van der Waals surface area contributed by atoms with Crippen LogP contribution in [-0.4, -0.2) is 29.8 Å². The smallest absolute Gasteiger partial charge is 0.255 e. The molecule has 0 bridgehead atoms. The summed E-state index contributed by atoms with van der Waals surface area (Å²) in [6.07, 6.45) is 3.18. The van der Waals surface area contributed by atoms with Crippen LogP contribution < -0.4 is 5.32 Å². The predicted molar refractivity (Wildman–Crippen MR) is 95.3 cm³/mol. The molecule has 1 aliphatic heterocycles. The Bertz CT molecular complexity index is 833. The molecule has 0 spiro atoms. The summed E-state index contributed by atoms with van der Waals surface area (Å²) in [5.74, 6) is -0.391. The summed E-state index contributed by atoms with van der Waals surface area (Å²) in [6, 6.07) is 15.5. The fraction of sp³-hybridized carbons (Fsp3) is 0.250. The van der Waals surface area contributed by atoms with Crippen molar-refractivity contribution in [3.63, 3.8) is 0 Å². The van der Waals surface area contributed by atoms with Crippen LogP contribution in [0.15, 0.2) is 48.5 Å². The second-order valence-electron chi connectivity index (χ2n) is 6.05. The lowest BCUT2D eigenvalue weighted by Gasteiger charge is -2.27. The number of carbonyl (C=O) groups is 2. The summed E-state index contributed by atoms with van der Waals surface area (Å²) in [7, 11) is 0. The molecule has 5 heteroatoms. The van der Waals surface area contributed by atoms with Gasteiger partial charge in [-0.1, -0.05) is 18.2 Å². The van der Waals surface area contributed by atoms with Crippen LogP contribution in [0.4, 0.5) is 5.69 Å². The molecule has 1 saturated heterocycles. The summed E-state index contributed by atoms with van der Waals surface area (Å²) in [4.78, 5) is 27.1. The number of anilines is 1. The van der Waals surface area contributed by atoms with Crippen LogP contribution in [0.1, 0.15) is 45.5 Å². The van der Waals surface area contributed by atoms with Crippen LogP contribution in [0.2, 0.25) is 0 Å². The van der Waals surface area contributed by atoms with E-state index in [9.17, 15) is 9.59 Å². The second-order valence-corrected chi connectivity index (χ2v) is 6.05. The number of para-hydroxylation sites is 1. The van der Waals surface area contributed by atoms with Gasteiger partial charge in [-0.25, -0.2) is 0 Å². The average molecular weight is 333 g/mol. The topological polar surface area (TPSA) is 73.2 Å². The monoisotopic (exact) mass is 333 g/mol. The first-order valence-electron chi connectivity index (χ1n) is 8.39. The van der Waals surface area contributed by atoms with Crippen molar-refractivity contribution in [1.29, 1.82) is 5.26 Å². The van der Waals surface area contributed by atoms with E-state index in [1.807, 2.05) is 11.0 Å². The molecule has 5 nitrogen and oxygen atoms in total. The number of rotatable bonds is 3. The molecular formula is C20H19N3O2. The third-order valence-corrected chi connectivity index (χ3v) is 4.30. The molecule has 1 aliphatic rings. The third-order valence-electron chi connectivity index (χ3n) is 4.30. The number of amides is 2. The number of nitriles is 1. The van der Waals surface area contributed by atoms with Crippen LogP contribution in [0, 0.1) is 11.3 Å². The largest absolute Gasteiger partial charge is 0.339 e. The molecule has 25 heavy (non-hydrogen) atoms. The van der Waals surface area contributed by atoms with Crippen LogP contribution in [-0.2, 0) is 0 Å². The minimum Gasteiger partial charge on any atom is -0.339 e. The minimum absolute atomic E-state index is 0.0543. The minimum atomic E-state index is -0.337. The summed E-state index contributed by atoms with van der Waals surface area (Å²) >= 11 is 0.